The topological polar surface area (TPSA) is 60.5 Å². The Morgan fingerprint density at radius 1 is 1.09 bits per heavy atom. The van der Waals surface area contributed by atoms with Gasteiger partial charge in [0.05, 0.1) is 12.6 Å². The number of carbonyl (C=O) groups is 1. The molecule has 0 radical (unpaired) electrons. The molecule has 3 aromatic rings. The van der Waals surface area contributed by atoms with Gasteiger partial charge in [-0.1, -0.05) is 24.3 Å². The minimum absolute atomic E-state index is 0.429. The summed E-state index contributed by atoms with van der Waals surface area (Å²) < 4.78 is 10.3. The molecule has 0 bridgehead atoms. The summed E-state index contributed by atoms with van der Waals surface area (Å²) in [7, 11) is 1.32. The number of hydrogen-bond acceptors (Lipinski definition) is 4. The zero-order chi connectivity index (χ0) is 16.1. The molecule has 3 rings (SSSR count). The van der Waals surface area contributed by atoms with Gasteiger partial charge in [-0.25, -0.2) is 4.79 Å². The summed E-state index contributed by atoms with van der Waals surface area (Å²) >= 11 is 0. The molecule has 116 valence electrons. The average molecular weight is 308 g/mol. The molecule has 0 atom stereocenters. The summed E-state index contributed by atoms with van der Waals surface area (Å²) in [4.78, 5) is 15.5. The Morgan fingerprint density at radius 3 is 2.65 bits per heavy atom. The molecule has 0 aliphatic rings. The third-order valence-electron chi connectivity index (χ3n) is 3.40. The Morgan fingerprint density at radius 2 is 1.87 bits per heavy atom. The van der Waals surface area contributed by atoms with E-state index < -0.39 is 6.09 Å². The molecule has 0 aliphatic carbocycles. The lowest BCUT2D eigenvalue weighted by Gasteiger charge is -2.09. The normalized spacial score (nSPS) is 10.3. The molecule has 0 saturated carbocycles. The number of anilines is 1. The Bertz CT molecular complexity index is 811. The molecule has 0 saturated heterocycles. The highest BCUT2D eigenvalue weighted by Gasteiger charge is 2.04. The molecule has 1 aromatic heterocycles. The predicted molar refractivity (Wildman–Crippen MR) is 88.5 cm³/mol. The van der Waals surface area contributed by atoms with Crippen LogP contribution in [0.2, 0.25) is 0 Å². The van der Waals surface area contributed by atoms with Crippen LogP contribution in [0.25, 0.3) is 10.9 Å². The van der Waals surface area contributed by atoms with Crippen LogP contribution in [0.15, 0.2) is 60.8 Å². The summed E-state index contributed by atoms with van der Waals surface area (Å²) in [6.45, 7) is 0.429. The van der Waals surface area contributed by atoms with E-state index in [1.807, 2.05) is 30.3 Å². The van der Waals surface area contributed by atoms with Gasteiger partial charge in [-0.15, -0.1) is 0 Å². The molecule has 0 spiro atoms. The fourth-order valence-electron chi connectivity index (χ4n) is 2.25. The lowest BCUT2D eigenvalue weighted by Crippen LogP contribution is -2.10. The average Bonchev–Trinajstić information content (AvgIpc) is 2.61. The second kappa shape index (κ2) is 6.79. The number of carbonyl (C=O) groups excluding carboxylic acids is 1. The van der Waals surface area contributed by atoms with Gasteiger partial charge >= 0.3 is 6.09 Å². The Balaban J connectivity index is 1.69. The zero-order valence-electron chi connectivity index (χ0n) is 12.7. The number of methoxy groups -OCH3 is 1. The van der Waals surface area contributed by atoms with Crippen molar-refractivity contribution in [2.45, 2.75) is 6.61 Å². The molecular weight excluding hydrogens is 292 g/mol. The number of nitrogens with zero attached hydrogens (tertiary/aromatic N) is 1. The quantitative estimate of drug-likeness (QED) is 0.791. The van der Waals surface area contributed by atoms with Crippen LogP contribution < -0.4 is 10.1 Å². The number of hydrogen-bond donors (Lipinski definition) is 1. The van der Waals surface area contributed by atoms with Crippen LogP contribution in [0.5, 0.6) is 5.75 Å². The molecule has 0 aliphatic heterocycles. The lowest BCUT2D eigenvalue weighted by atomic mass is 10.1. The predicted octanol–water partition coefficient (Wildman–Crippen LogP) is 3.99. The van der Waals surface area contributed by atoms with E-state index in [1.54, 1.807) is 30.5 Å². The number of nitrogens with one attached hydrogen (secondary N) is 1. The molecule has 1 N–H and O–H groups in total. The van der Waals surface area contributed by atoms with Crippen molar-refractivity contribution < 1.29 is 14.3 Å². The third-order valence-corrected chi connectivity index (χ3v) is 3.40. The van der Waals surface area contributed by atoms with Gasteiger partial charge in [0, 0.05) is 22.8 Å². The molecule has 5 nitrogen and oxygen atoms in total. The first-order valence-corrected chi connectivity index (χ1v) is 7.17. The Labute approximate surface area is 133 Å². The van der Waals surface area contributed by atoms with E-state index in [-0.39, 0.29) is 0 Å². The first kappa shape index (κ1) is 14.8. The van der Waals surface area contributed by atoms with Gasteiger partial charge in [0.25, 0.3) is 0 Å². The van der Waals surface area contributed by atoms with Crippen LogP contribution >= 0.6 is 0 Å². The van der Waals surface area contributed by atoms with Gasteiger partial charge in [-0.3, -0.25) is 10.3 Å². The van der Waals surface area contributed by atoms with E-state index in [0.717, 1.165) is 16.5 Å². The van der Waals surface area contributed by atoms with E-state index in [1.165, 1.54) is 7.11 Å². The van der Waals surface area contributed by atoms with Crippen molar-refractivity contribution in [1.29, 1.82) is 0 Å². The van der Waals surface area contributed by atoms with Gasteiger partial charge in [0.15, 0.2) is 0 Å². The first-order chi connectivity index (χ1) is 11.3. The van der Waals surface area contributed by atoms with Gasteiger partial charge in [-0.2, -0.15) is 0 Å². The van der Waals surface area contributed by atoms with Crippen LogP contribution in [0, 0.1) is 0 Å². The molecule has 5 heteroatoms. The second-order valence-corrected chi connectivity index (χ2v) is 4.92. The molecule has 1 heterocycles. The highest BCUT2D eigenvalue weighted by atomic mass is 16.5. The molecule has 23 heavy (non-hydrogen) atoms. The third kappa shape index (κ3) is 3.58. The summed E-state index contributed by atoms with van der Waals surface area (Å²) in [5.74, 6) is 0.716. The van der Waals surface area contributed by atoms with Crippen molar-refractivity contribution in [2.75, 3.05) is 12.4 Å². The number of fused-ring (bicyclic) bond motifs is 1. The monoisotopic (exact) mass is 308 g/mol. The van der Waals surface area contributed by atoms with Crippen molar-refractivity contribution in [3.05, 3.63) is 66.4 Å². The second-order valence-electron chi connectivity index (χ2n) is 4.92. The first-order valence-electron chi connectivity index (χ1n) is 7.17. The number of ether oxygens (including phenoxy) is 2. The molecule has 2 aromatic carbocycles. The van der Waals surface area contributed by atoms with Crippen LogP contribution in [-0.4, -0.2) is 18.2 Å². The number of para-hydroxylation sites is 1. The Kier molecular flexibility index (Phi) is 4.38. The smallest absolute Gasteiger partial charge is 0.411 e. The molecule has 0 fully saturated rings. The van der Waals surface area contributed by atoms with E-state index >= 15 is 0 Å². The lowest BCUT2D eigenvalue weighted by molar-refractivity contribution is 0.187. The highest BCUT2D eigenvalue weighted by molar-refractivity contribution is 5.84. The maximum Gasteiger partial charge on any atom is 0.411 e. The van der Waals surface area contributed by atoms with Crippen LogP contribution in [-0.2, 0) is 11.3 Å². The fraction of sp³-hybridized carbons (Fsp3) is 0.111. The van der Waals surface area contributed by atoms with Gasteiger partial charge in [0.1, 0.15) is 12.4 Å². The van der Waals surface area contributed by atoms with Crippen molar-refractivity contribution in [2.24, 2.45) is 0 Å². The molecule has 0 unspecified atom stereocenters. The minimum atomic E-state index is -0.500. The standard InChI is InChI=1S/C18H16N2O3/c1-22-18(21)20-15-7-9-16(10-8-15)23-12-14-5-2-4-13-6-3-11-19-17(13)14/h2-11H,12H2,1H3,(H,20,21). The summed E-state index contributed by atoms with van der Waals surface area (Å²) in [6.07, 6.45) is 1.28. The fourth-order valence-corrected chi connectivity index (χ4v) is 2.25. The molecule has 1 amide bonds. The molecular formula is C18H16N2O3. The van der Waals surface area contributed by atoms with Crippen LogP contribution in [0.1, 0.15) is 5.56 Å². The zero-order valence-corrected chi connectivity index (χ0v) is 12.7. The van der Waals surface area contributed by atoms with Gasteiger partial charge in [0.2, 0.25) is 0 Å². The number of amides is 1. The number of benzene rings is 2. The number of aromatic nitrogens is 1. The summed E-state index contributed by atoms with van der Waals surface area (Å²) in [6, 6.07) is 17.1. The summed E-state index contributed by atoms with van der Waals surface area (Å²) in [5, 5.41) is 3.68. The summed E-state index contributed by atoms with van der Waals surface area (Å²) in [5.41, 5.74) is 2.62. The van der Waals surface area contributed by atoms with Crippen molar-refractivity contribution in [3.8, 4) is 5.75 Å². The van der Waals surface area contributed by atoms with Gasteiger partial charge in [-0.05, 0) is 30.3 Å². The van der Waals surface area contributed by atoms with Crippen molar-refractivity contribution in [1.82, 2.24) is 4.98 Å². The van der Waals surface area contributed by atoms with Crippen molar-refractivity contribution >= 4 is 22.7 Å². The maximum atomic E-state index is 11.1. The van der Waals surface area contributed by atoms with Crippen molar-refractivity contribution in [3.63, 3.8) is 0 Å². The van der Waals surface area contributed by atoms with E-state index in [4.69, 9.17) is 4.74 Å². The van der Waals surface area contributed by atoms with E-state index in [9.17, 15) is 4.79 Å². The van der Waals surface area contributed by atoms with Gasteiger partial charge < -0.3 is 9.47 Å². The number of pyridine rings is 1. The number of rotatable bonds is 4. The maximum absolute atomic E-state index is 11.1. The van der Waals surface area contributed by atoms with E-state index in [2.05, 4.69) is 15.0 Å². The van der Waals surface area contributed by atoms with E-state index in [0.29, 0.717) is 18.0 Å². The highest BCUT2D eigenvalue weighted by Crippen LogP contribution is 2.20. The SMILES string of the molecule is COC(=O)Nc1ccc(OCc2cccc3cccnc23)cc1. The van der Waals surface area contributed by atoms with Crippen LogP contribution in [0.4, 0.5) is 10.5 Å². The minimum Gasteiger partial charge on any atom is -0.489 e. The largest absolute Gasteiger partial charge is 0.489 e. The van der Waals surface area contributed by atoms with Crippen LogP contribution in [0.3, 0.4) is 0 Å². The Hall–Kier alpha value is -3.08.